The molecule has 0 aromatic rings. The van der Waals surface area contributed by atoms with Crippen molar-refractivity contribution in [3.05, 3.63) is 0 Å². The fourth-order valence-corrected chi connectivity index (χ4v) is 2.13. The number of hydrogen-bond acceptors (Lipinski definition) is 2. The molecule has 0 spiro atoms. The Morgan fingerprint density at radius 2 is 2.15 bits per heavy atom. The Balaban J connectivity index is 2.19. The van der Waals surface area contributed by atoms with Crippen LogP contribution in [0.3, 0.4) is 0 Å². The molecule has 2 fully saturated rings. The zero-order chi connectivity index (χ0) is 9.80. The number of likely N-dealkylation sites (N-methyl/N-ethyl adjacent to an activating group) is 1. The summed E-state index contributed by atoms with van der Waals surface area (Å²) in [5, 5.41) is 0. The summed E-state index contributed by atoms with van der Waals surface area (Å²) in [4.78, 5) is 12.5. The third-order valence-corrected chi connectivity index (χ3v) is 3.03. The van der Waals surface area contributed by atoms with Gasteiger partial charge in [0.1, 0.15) is 6.04 Å². The molecule has 3 atom stereocenters. The molecule has 13 heavy (non-hydrogen) atoms. The minimum atomic E-state index is -2.68. The number of alkyl halides is 2. The predicted octanol–water partition coefficient (Wildman–Crippen LogP) is 0.200. The highest BCUT2D eigenvalue weighted by molar-refractivity contribution is 5.82. The molecule has 1 heterocycles. The van der Waals surface area contributed by atoms with Crippen LogP contribution in [0.2, 0.25) is 0 Å². The number of hydrogen-bond donors (Lipinski definition) is 1. The van der Waals surface area contributed by atoms with E-state index in [9.17, 15) is 13.6 Å². The van der Waals surface area contributed by atoms with Gasteiger partial charge in [0.25, 0.3) is 5.92 Å². The third-order valence-electron chi connectivity index (χ3n) is 3.03. The van der Waals surface area contributed by atoms with Crippen LogP contribution in [-0.2, 0) is 4.79 Å². The van der Waals surface area contributed by atoms with Crippen molar-refractivity contribution in [2.75, 3.05) is 7.05 Å². The Kier molecular flexibility index (Phi) is 1.64. The standard InChI is InChI=1S/C8H12F2N2O/c1-12-6-4(8(6,9)10)2-3-5(11)7(12)13/h4-6H,2-3,11H2,1H3/t4?,5-,6?/m0/s1. The number of likely N-dealkylation sites (tertiary alicyclic amines) is 1. The van der Waals surface area contributed by atoms with Gasteiger partial charge in [0.2, 0.25) is 5.91 Å². The molecule has 5 heteroatoms. The Labute approximate surface area is 74.9 Å². The predicted molar refractivity (Wildman–Crippen MR) is 42.2 cm³/mol. The van der Waals surface area contributed by atoms with Crippen molar-refractivity contribution < 1.29 is 13.6 Å². The maximum atomic E-state index is 13.0. The molecule has 2 unspecified atom stereocenters. The number of carbonyl (C=O) groups is 1. The van der Waals surface area contributed by atoms with Crippen LogP contribution in [0.5, 0.6) is 0 Å². The summed E-state index contributed by atoms with van der Waals surface area (Å²) < 4.78 is 26.0. The van der Waals surface area contributed by atoms with Crippen molar-refractivity contribution in [2.24, 2.45) is 11.7 Å². The lowest BCUT2D eigenvalue weighted by atomic mass is 10.1. The third kappa shape index (κ3) is 1.06. The zero-order valence-electron chi connectivity index (χ0n) is 7.34. The quantitative estimate of drug-likeness (QED) is 0.593. The fraction of sp³-hybridized carbons (Fsp3) is 0.875. The van der Waals surface area contributed by atoms with E-state index >= 15 is 0 Å². The van der Waals surface area contributed by atoms with Gasteiger partial charge in [-0.25, -0.2) is 8.78 Å². The molecule has 3 nitrogen and oxygen atoms in total. The summed E-state index contributed by atoms with van der Waals surface area (Å²) in [7, 11) is 1.41. The molecule has 2 rings (SSSR count). The van der Waals surface area contributed by atoms with Gasteiger partial charge in [-0.05, 0) is 12.8 Å². The number of nitrogens with zero attached hydrogens (tertiary/aromatic N) is 1. The topological polar surface area (TPSA) is 46.3 Å². The van der Waals surface area contributed by atoms with Crippen molar-refractivity contribution in [1.82, 2.24) is 4.90 Å². The molecule has 1 amide bonds. The van der Waals surface area contributed by atoms with Crippen LogP contribution in [0.25, 0.3) is 0 Å². The van der Waals surface area contributed by atoms with Crippen molar-refractivity contribution in [3.63, 3.8) is 0 Å². The number of carbonyl (C=O) groups excluding carboxylic acids is 1. The number of halogens is 2. The van der Waals surface area contributed by atoms with E-state index < -0.39 is 23.9 Å². The average molecular weight is 190 g/mol. The van der Waals surface area contributed by atoms with E-state index in [4.69, 9.17) is 5.73 Å². The minimum Gasteiger partial charge on any atom is -0.335 e. The maximum Gasteiger partial charge on any atom is 0.273 e. The Bertz CT molecular complexity index is 257. The van der Waals surface area contributed by atoms with E-state index in [1.165, 1.54) is 7.05 Å². The second-order valence-corrected chi connectivity index (χ2v) is 3.86. The summed E-state index contributed by atoms with van der Waals surface area (Å²) in [6.45, 7) is 0. The molecule has 1 saturated carbocycles. The molecule has 2 aliphatic rings. The lowest BCUT2D eigenvalue weighted by molar-refractivity contribution is -0.133. The highest BCUT2D eigenvalue weighted by atomic mass is 19.3. The number of nitrogens with two attached hydrogens (primary N) is 1. The molecule has 0 bridgehead atoms. The molecular weight excluding hydrogens is 178 g/mol. The van der Waals surface area contributed by atoms with E-state index in [2.05, 4.69) is 0 Å². The van der Waals surface area contributed by atoms with Crippen LogP contribution in [0.4, 0.5) is 8.78 Å². The van der Waals surface area contributed by atoms with Gasteiger partial charge >= 0.3 is 0 Å². The second-order valence-electron chi connectivity index (χ2n) is 3.86. The second kappa shape index (κ2) is 2.41. The first-order valence-corrected chi connectivity index (χ1v) is 4.36. The minimum absolute atomic E-state index is 0.356. The van der Waals surface area contributed by atoms with Gasteiger partial charge in [0, 0.05) is 7.05 Å². The molecule has 0 aromatic heterocycles. The summed E-state index contributed by atoms with van der Waals surface area (Å²) in [5.41, 5.74) is 5.50. The van der Waals surface area contributed by atoms with Gasteiger partial charge in [0.15, 0.2) is 0 Å². The van der Waals surface area contributed by atoms with Crippen molar-refractivity contribution in [2.45, 2.75) is 30.8 Å². The van der Waals surface area contributed by atoms with Gasteiger partial charge in [-0.3, -0.25) is 4.79 Å². The largest absolute Gasteiger partial charge is 0.335 e. The molecule has 0 radical (unpaired) electrons. The first-order chi connectivity index (χ1) is 5.96. The number of rotatable bonds is 0. The summed E-state index contributed by atoms with van der Waals surface area (Å²) in [5.74, 6) is -3.69. The number of fused-ring (bicyclic) bond motifs is 1. The van der Waals surface area contributed by atoms with Crippen LogP contribution in [0, 0.1) is 5.92 Å². The van der Waals surface area contributed by atoms with Gasteiger partial charge in [-0.2, -0.15) is 0 Å². The molecule has 1 saturated heterocycles. The lowest BCUT2D eigenvalue weighted by Crippen LogP contribution is -2.43. The Morgan fingerprint density at radius 1 is 1.54 bits per heavy atom. The molecule has 74 valence electrons. The van der Waals surface area contributed by atoms with Crippen molar-refractivity contribution in [3.8, 4) is 0 Å². The first-order valence-electron chi connectivity index (χ1n) is 4.36. The fourth-order valence-electron chi connectivity index (χ4n) is 2.13. The maximum absolute atomic E-state index is 13.0. The van der Waals surface area contributed by atoms with Gasteiger partial charge in [0.05, 0.1) is 12.0 Å². The van der Waals surface area contributed by atoms with Crippen LogP contribution >= 0.6 is 0 Å². The molecule has 0 aromatic carbocycles. The summed E-state index contributed by atoms with van der Waals surface area (Å²) in [6.07, 6.45) is 0.731. The average Bonchev–Trinajstić information content (AvgIpc) is 2.63. The van der Waals surface area contributed by atoms with Crippen LogP contribution in [0.15, 0.2) is 0 Å². The van der Waals surface area contributed by atoms with Gasteiger partial charge in [-0.1, -0.05) is 0 Å². The SMILES string of the molecule is CN1C(=O)[C@@H](N)CCC2C1C2(F)F. The van der Waals surface area contributed by atoms with E-state index in [0.717, 1.165) is 4.90 Å². The highest BCUT2D eigenvalue weighted by Crippen LogP contribution is 2.55. The Hall–Kier alpha value is -0.710. The highest BCUT2D eigenvalue weighted by Gasteiger charge is 2.71. The van der Waals surface area contributed by atoms with E-state index in [1.54, 1.807) is 0 Å². The molecule has 1 aliphatic heterocycles. The smallest absolute Gasteiger partial charge is 0.273 e. The monoisotopic (exact) mass is 190 g/mol. The first kappa shape index (κ1) is 8.87. The summed E-state index contributed by atoms with van der Waals surface area (Å²) >= 11 is 0. The summed E-state index contributed by atoms with van der Waals surface area (Å²) in [6, 6.07) is -1.48. The normalized spacial score (nSPS) is 42.6. The number of amides is 1. The lowest BCUT2D eigenvalue weighted by Gasteiger charge is -2.19. The Morgan fingerprint density at radius 3 is 2.77 bits per heavy atom. The van der Waals surface area contributed by atoms with E-state index in [1.807, 2.05) is 0 Å². The molecule has 1 aliphatic carbocycles. The van der Waals surface area contributed by atoms with Gasteiger partial charge < -0.3 is 10.6 Å². The van der Waals surface area contributed by atoms with Crippen molar-refractivity contribution in [1.29, 1.82) is 0 Å². The van der Waals surface area contributed by atoms with E-state index in [0.29, 0.717) is 12.8 Å². The molecular formula is C8H12F2N2O. The molecule has 2 N–H and O–H groups in total. The van der Waals surface area contributed by atoms with Crippen LogP contribution < -0.4 is 5.73 Å². The van der Waals surface area contributed by atoms with E-state index in [-0.39, 0.29) is 5.91 Å². The van der Waals surface area contributed by atoms with Gasteiger partial charge in [-0.15, -0.1) is 0 Å². The van der Waals surface area contributed by atoms with Crippen LogP contribution in [-0.4, -0.2) is 35.9 Å². The van der Waals surface area contributed by atoms with Crippen LogP contribution in [0.1, 0.15) is 12.8 Å². The zero-order valence-corrected chi connectivity index (χ0v) is 7.34. The van der Waals surface area contributed by atoms with Crippen molar-refractivity contribution >= 4 is 5.91 Å².